The fourth-order valence-electron chi connectivity index (χ4n) is 3.17. The number of hydrogen-bond acceptors (Lipinski definition) is 4. The van der Waals surface area contributed by atoms with Gasteiger partial charge in [-0.05, 0) is 30.5 Å². The Labute approximate surface area is 159 Å². The van der Waals surface area contributed by atoms with E-state index in [1.54, 1.807) is 39.5 Å². The zero-order valence-electron chi connectivity index (χ0n) is 16.0. The van der Waals surface area contributed by atoms with Crippen LogP contribution in [0.2, 0.25) is 0 Å². The van der Waals surface area contributed by atoms with E-state index < -0.39 is 0 Å². The Morgan fingerprint density at radius 3 is 2.22 bits per heavy atom. The first-order valence-electron chi connectivity index (χ1n) is 8.93. The van der Waals surface area contributed by atoms with E-state index in [1.165, 1.54) is 11.6 Å². The lowest BCUT2D eigenvalue weighted by Crippen LogP contribution is -2.30. The van der Waals surface area contributed by atoms with Crippen molar-refractivity contribution in [2.45, 2.75) is 18.3 Å². The van der Waals surface area contributed by atoms with Crippen LogP contribution in [0.15, 0.2) is 48.5 Å². The fraction of sp³-hybridized carbons (Fsp3) is 0.318. The molecule has 142 valence electrons. The zero-order valence-corrected chi connectivity index (χ0v) is 16.0. The summed E-state index contributed by atoms with van der Waals surface area (Å²) in [4.78, 5) is 12.3. The first-order chi connectivity index (χ1) is 13.1. The predicted octanol–water partition coefficient (Wildman–Crippen LogP) is 3.57. The molecular weight excluding hydrogens is 342 g/mol. The molecule has 1 aliphatic rings. The Morgan fingerprint density at radius 1 is 1.00 bits per heavy atom. The van der Waals surface area contributed by atoms with Crippen molar-refractivity contribution in [1.82, 2.24) is 5.32 Å². The van der Waals surface area contributed by atoms with Crippen molar-refractivity contribution in [2.24, 2.45) is 0 Å². The Kier molecular flexibility index (Phi) is 5.69. The van der Waals surface area contributed by atoms with Crippen LogP contribution in [0.3, 0.4) is 0 Å². The van der Waals surface area contributed by atoms with Crippen LogP contribution in [0.1, 0.15) is 24.0 Å². The number of hydrogen-bond donors (Lipinski definition) is 1. The minimum absolute atomic E-state index is 0.0891. The molecule has 0 saturated heterocycles. The molecule has 27 heavy (non-hydrogen) atoms. The van der Waals surface area contributed by atoms with Gasteiger partial charge < -0.3 is 19.5 Å². The number of rotatable bonds is 8. The SMILES string of the molecule is COc1cc(OC)c(OC)cc1/C=C/C(=O)NCC1(c2ccccc2)CC1. The van der Waals surface area contributed by atoms with Crippen LogP contribution in [0.25, 0.3) is 6.08 Å². The molecule has 5 heteroatoms. The molecule has 1 aliphatic carbocycles. The molecule has 5 nitrogen and oxygen atoms in total. The van der Waals surface area contributed by atoms with Crippen molar-refractivity contribution in [3.8, 4) is 17.2 Å². The quantitative estimate of drug-likeness (QED) is 0.725. The number of methoxy groups -OCH3 is 3. The highest BCUT2D eigenvalue weighted by Gasteiger charge is 2.44. The number of benzene rings is 2. The molecule has 2 aromatic rings. The lowest BCUT2D eigenvalue weighted by Gasteiger charge is -2.16. The highest BCUT2D eigenvalue weighted by Crippen LogP contribution is 2.47. The van der Waals surface area contributed by atoms with Crippen molar-refractivity contribution < 1.29 is 19.0 Å². The van der Waals surface area contributed by atoms with Crippen LogP contribution < -0.4 is 19.5 Å². The zero-order chi connectivity index (χ0) is 19.3. The predicted molar refractivity (Wildman–Crippen MR) is 105 cm³/mol. The fourth-order valence-corrected chi connectivity index (χ4v) is 3.17. The van der Waals surface area contributed by atoms with Crippen LogP contribution in [-0.2, 0) is 10.2 Å². The summed E-state index contributed by atoms with van der Waals surface area (Å²) in [7, 11) is 4.72. The Balaban J connectivity index is 1.67. The molecule has 0 unspecified atom stereocenters. The Morgan fingerprint density at radius 2 is 1.63 bits per heavy atom. The van der Waals surface area contributed by atoms with Gasteiger partial charge in [0.15, 0.2) is 11.5 Å². The minimum Gasteiger partial charge on any atom is -0.496 e. The van der Waals surface area contributed by atoms with Crippen LogP contribution in [0.4, 0.5) is 0 Å². The van der Waals surface area contributed by atoms with Crippen LogP contribution in [0.5, 0.6) is 17.2 Å². The summed E-state index contributed by atoms with van der Waals surface area (Å²) in [5.41, 5.74) is 2.12. The largest absolute Gasteiger partial charge is 0.496 e. The van der Waals surface area contributed by atoms with Crippen LogP contribution in [0, 0.1) is 0 Å². The second kappa shape index (κ2) is 8.16. The number of ether oxygens (including phenoxy) is 3. The lowest BCUT2D eigenvalue weighted by atomic mass is 9.96. The summed E-state index contributed by atoms with van der Waals surface area (Å²) in [5.74, 6) is 1.64. The number of carbonyl (C=O) groups is 1. The first-order valence-corrected chi connectivity index (χ1v) is 8.93. The van der Waals surface area contributed by atoms with E-state index >= 15 is 0 Å². The third kappa shape index (κ3) is 4.25. The molecule has 0 atom stereocenters. The molecule has 0 heterocycles. The minimum atomic E-state index is -0.131. The molecular formula is C22H25NO4. The maximum atomic E-state index is 12.3. The maximum absolute atomic E-state index is 12.3. The lowest BCUT2D eigenvalue weighted by molar-refractivity contribution is -0.116. The van der Waals surface area contributed by atoms with Gasteiger partial charge in [-0.2, -0.15) is 0 Å². The van der Waals surface area contributed by atoms with Crippen molar-refractivity contribution >= 4 is 12.0 Å². The molecule has 0 bridgehead atoms. The molecule has 1 amide bonds. The molecule has 0 radical (unpaired) electrons. The van der Waals surface area contributed by atoms with E-state index in [-0.39, 0.29) is 11.3 Å². The Hall–Kier alpha value is -2.95. The van der Waals surface area contributed by atoms with Gasteiger partial charge in [-0.25, -0.2) is 0 Å². The van der Waals surface area contributed by atoms with Gasteiger partial charge in [0, 0.05) is 29.7 Å². The van der Waals surface area contributed by atoms with Gasteiger partial charge in [0.2, 0.25) is 5.91 Å². The molecule has 3 rings (SSSR count). The summed E-state index contributed by atoms with van der Waals surface area (Å²) < 4.78 is 16.0. The van der Waals surface area contributed by atoms with Crippen LogP contribution in [-0.4, -0.2) is 33.8 Å². The molecule has 0 spiro atoms. The normalized spacial score (nSPS) is 14.6. The number of nitrogens with one attached hydrogen (secondary N) is 1. The summed E-state index contributed by atoms with van der Waals surface area (Å²) in [6.45, 7) is 0.642. The summed E-state index contributed by atoms with van der Waals surface area (Å²) in [6.07, 6.45) is 5.44. The summed E-state index contributed by atoms with van der Waals surface area (Å²) in [5, 5.41) is 3.02. The summed E-state index contributed by atoms with van der Waals surface area (Å²) in [6, 6.07) is 13.9. The molecule has 0 aromatic heterocycles. The van der Waals surface area contributed by atoms with Gasteiger partial charge in [-0.3, -0.25) is 4.79 Å². The molecule has 1 saturated carbocycles. The molecule has 0 aliphatic heterocycles. The van der Waals surface area contributed by atoms with Crippen molar-refractivity contribution in [3.63, 3.8) is 0 Å². The third-order valence-corrected chi connectivity index (χ3v) is 4.99. The van der Waals surface area contributed by atoms with E-state index in [2.05, 4.69) is 17.4 Å². The average Bonchev–Trinajstić information content (AvgIpc) is 3.51. The Bertz CT molecular complexity index is 826. The molecule has 1 N–H and O–H groups in total. The van der Waals surface area contributed by atoms with Gasteiger partial charge in [0.25, 0.3) is 0 Å². The highest BCUT2D eigenvalue weighted by atomic mass is 16.5. The third-order valence-electron chi connectivity index (χ3n) is 4.99. The first kappa shape index (κ1) is 18.8. The standard InChI is InChI=1S/C22H25NO4/c1-25-18-14-20(27-3)19(26-2)13-16(18)9-10-21(24)23-15-22(11-12-22)17-7-5-4-6-8-17/h4-10,13-14H,11-12,15H2,1-3H3,(H,23,24)/b10-9+. The van der Waals surface area contributed by atoms with E-state index in [4.69, 9.17) is 14.2 Å². The summed E-state index contributed by atoms with van der Waals surface area (Å²) >= 11 is 0. The topological polar surface area (TPSA) is 56.8 Å². The second-order valence-electron chi connectivity index (χ2n) is 6.65. The average molecular weight is 367 g/mol. The van der Waals surface area contributed by atoms with E-state index in [0.29, 0.717) is 23.8 Å². The van der Waals surface area contributed by atoms with Crippen molar-refractivity contribution in [3.05, 3.63) is 59.7 Å². The van der Waals surface area contributed by atoms with E-state index in [1.807, 2.05) is 18.2 Å². The van der Waals surface area contributed by atoms with Gasteiger partial charge in [-0.15, -0.1) is 0 Å². The van der Waals surface area contributed by atoms with Gasteiger partial charge in [0.05, 0.1) is 21.3 Å². The molecule has 2 aromatic carbocycles. The van der Waals surface area contributed by atoms with E-state index in [0.717, 1.165) is 18.4 Å². The smallest absolute Gasteiger partial charge is 0.244 e. The second-order valence-corrected chi connectivity index (χ2v) is 6.65. The van der Waals surface area contributed by atoms with Crippen molar-refractivity contribution in [2.75, 3.05) is 27.9 Å². The maximum Gasteiger partial charge on any atom is 0.244 e. The highest BCUT2D eigenvalue weighted by molar-refractivity contribution is 5.92. The number of amides is 1. The van der Waals surface area contributed by atoms with Crippen LogP contribution >= 0.6 is 0 Å². The van der Waals surface area contributed by atoms with Gasteiger partial charge in [-0.1, -0.05) is 30.3 Å². The number of carbonyl (C=O) groups excluding carboxylic acids is 1. The van der Waals surface area contributed by atoms with Gasteiger partial charge in [0.1, 0.15) is 5.75 Å². The van der Waals surface area contributed by atoms with E-state index in [9.17, 15) is 4.79 Å². The molecule has 1 fully saturated rings. The van der Waals surface area contributed by atoms with Crippen molar-refractivity contribution in [1.29, 1.82) is 0 Å². The van der Waals surface area contributed by atoms with Gasteiger partial charge >= 0.3 is 0 Å². The monoisotopic (exact) mass is 367 g/mol.